The molecule has 0 heterocycles. The summed E-state index contributed by atoms with van der Waals surface area (Å²) in [6, 6.07) is 2.56. The van der Waals surface area contributed by atoms with Crippen LogP contribution < -0.4 is 5.32 Å². The minimum atomic E-state index is -0.516. The Kier molecular flexibility index (Phi) is 5.66. The first-order chi connectivity index (χ1) is 7.90. The molecule has 6 heteroatoms. The molecule has 1 aromatic carbocycles. The van der Waals surface area contributed by atoms with Gasteiger partial charge in [-0.3, -0.25) is 0 Å². The molecule has 0 spiro atoms. The maximum Gasteiger partial charge on any atom is 0.125 e. The molecule has 0 aliphatic carbocycles. The maximum absolute atomic E-state index is 13.0. The Labute approximate surface area is 114 Å². The fourth-order valence-electron chi connectivity index (χ4n) is 1.42. The lowest BCUT2D eigenvalue weighted by atomic mass is 10.2. The van der Waals surface area contributed by atoms with E-state index in [2.05, 4.69) is 21.2 Å². The number of hydrogen-bond acceptors (Lipinski definition) is 3. The van der Waals surface area contributed by atoms with Gasteiger partial charge in [0, 0.05) is 17.6 Å². The lowest BCUT2D eigenvalue weighted by molar-refractivity contribution is 0.148. The molecule has 0 saturated heterocycles. The van der Waals surface area contributed by atoms with Crippen molar-refractivity contribution in [3.8, 4) is 0 Å². The van der Waals surface area contributed by atoms with Crippen molar-refractivity contribution in [2.75, 3.05) is 32.5 Å². The van der Waals surface area contributed by atoms with Gasteiger partial charge < -0.3 is 15.3 Å². The number of benzene rings is 1. The highest BCUT2D eigenvalue weighted by Gasteiger charge is 2.10. The number of halogens is 3. The predicted molar refractivity (Wildman–Crippen MR) is 72.2 cm³/mol. The Morgan fingerprint density at radius 1 is 1.53 bits per heavy atom. The van der Waals surface area contributed by atoms with Gasteiger partial charge in [-0.15, -0.1) is 0 Å². The van der Waals surface area contributed by atoms with Crippen molar-refractivity contribution >= 4 is 33.2 Å². The third-order valence-electron chi connectivity index (χ3n) is 2.10. The number of likely N-dealkylation sites (N-methyl/N-ethyl adjacent to an activating group) is 1. The molecular formula is C11H15BrClFN2O. The summed E-state index contributed by atoms with van der Waals surface area (Å²) < 4.78 is 13.5. The molecule has 96 valence electrons. The molecule has 0 aliphatic heterocycles. The highest BCUT2D eigenvalue weighted by atomic mass is 79.9. The lowest BCUT2D eigenvalue weighted by Crippen LogP contribution is -2.31. The first kappa shape index (κ1) is 14.7. The van der Waals surface area contributed by atoms with Gasteiger partial charge in [0.1, 0.15) is 5.82 Å². The van der Waals surface area contributed by atoms with Crippen molar-refractivity contribution in [2.24, 2.45) is 0 Å². The zero-order valence-corrected chi connectivity index (χ0v) is 12.0. The van der Waals surface area contributed by atoms with Crippen LogP contribution in [0.5, 0.6) is 0 Å². The molecule has 2 N–H and O–H groups in total. The van der Waals surface area contributed by atoms with Crippen LogP contribution in [0.4, 0.5) is 10.1 Å². The minimum Gasteiger partial charge on any atom is -0.390 e. The van der Waals surface area contributed by atoms with E-state index in [1.807, 2.05) is 19.0 Å². The van der Waals surface area contributed by atoms with Crippen LogP contribution in [-0.4, -0.2) is 43.3 Å². The van der Waals surface area contributed by atoms with Crippen LogP contribution in [0.25, 0.3) is 0 Å². The molecule has 0 amide bonds. The molecule has 17 heavy (non-hydrogen) atoms. The second-order valence-corrected chi connectivity index (χ2v) is 5.30. The Morgan fingerprint density at radius 3 is 2.71 bits per heavy atom. The van der Waals surface area contributed by atoms with Gasteiger partial charge in [-0.25, -0.2) is 4.39 Å². The van der Waals surface area contributed by atoms with Gasteiger partial charge in [0.05, 0.1) is 16.8 Å². The van der Waals surface area contributed by atoms with E-state index < -0.39 is 11.9 Å². The quantitative estimate of drug-likeness (QED) is 0.873. The number of anilines is 1. The number of nitrogens with zero attached hydrogens (tertiary/aromatic N) is 1. The van der Waals surface area contributed by atoms with Crippen molar-refractivity contribution in [1.82, 2.24) is 4.90 Å². The van der Waals surface area contributed by atoms with Crippen molar-refractivity contribution in [3.05, 3.63) is 27.4 Å². The van der Waals surface area contributed by atoms with Gasteiger partial charge in [0.25, 0.3) is 0 Å². The van der Waals surface area contributed by atoms with Crippen LogP contribution >= 0.6 is 27.5 Å². The van der Waals surface area contributed by atoms with Gasteiger partial charge in [0.15, 0.2) is 0 Å². The molecule has 0 aromatic heterocycles. The molecule has 0 aliphatic rings. The number of nitrogens with one attached hydrogen (secondary N) is 1. The normalized spacial score (nSPS) is 12.9. The van der Waals surface area contributed by atoms with Gasteiger partial charge in [-0.1, -0.05) is 11.6 Å². The third kappa shape index (κ3) is 4.79. The van der Waals surface area contributed by atoms with E-state index in [-0.39, 0.29) is 5.02 Å². The number of hydrogen-bond donors (Lipinski definition) is 2. The zero-order chi connectivity index (χ0) is 13.0. The second-order valence-electron chi connectivity index (χ2n) is 4.04. The molecule has 0 radical (unpaired) electrons. The van der Waals surface area contributed by atoms with Crippen LogP contribution in [0.2, 0.25) is 5.02 Å². The molecule has 0 bridgehead atoms. The van der Waals surface area contributed by atoms with Crippen molar-refractivity contribution in [3.63, 3.8) is 0 Å². The molecule has 1 unspecified atom stereocenters. The van der Waals surface area contributed by atoms with Gasteiger partial charge in [-0.05, 0) is 42.2 Å². The number of rotatable bonds is 5. The molecular weight excluding hydrogens is 310 g/mol. The predicted octanol–water partition coefficient (Wildman–Crippen LogP) is 2.58. The van der Waals surface area contributed by atoms with E-state index >= 15 is 0 Å². The summed E-state index contributed by atoms with van der Waals surface area (Å²) in [5.74, 6) is -0.402. The molecule has 1 rings (SSSR count). The molecule has 3 nitrogen and oxygen atoms in total. The van der Waals surface area contributed by atoms with E-state index in [9.17, 15) is 9.50 Å². The molecule has 0 saturated carbocycles. The largest absolute Gasteiger partial charge is 0.390 e. The van der Waals surface area contributed by atoms with Crippen LogP contribution in [0.15, 0.2) is 16.6 Å². The number of aliphatic hydroxyl groups is 1. The summed E-state index contributed by atoms with van der Waals surface area (Å²) in [4.78, 5) is 1.88. The van der Waals surface area contributed by atoms with Crippen LogP contribution in [0.3, 0.4) is 0 Å². The van der Waals surface area contributed by atoms with Crippen LogP contribution in [-0.2, 0) is 0 Å². The Hall–Kier alpha value is -0.360. The fourth-order valence-corrected chi connectivity index (χ4v) is 2.38. The first-order valence-corrected chi connectivity index (χ1v) is 6.28. The molecule has 1 atom stereocenters. The van der Waals surface area contributed by atoms with Gasteiger partial charge in [-0.2, -0.15) is 0 Å². The fraction of sp³-hybridized carbons (Fsp3) is 0.455. The monoisotopic (exact) mass is 324 g/mol. The van der Waals surface area contributed by atoms with Crippen LogP contribution in [0.1, 0.15) is 0 Å². The summed E-state index contributed by atoms with van der Waals surface area (Å²) in [5, 5.41) is 13.0. The van der Waals surface area contributed by atoms with E-state index in [0.29, 0.717) is 23.2 Å². The SMILES string of the molecule is CN(C)CC(O)CNc1c(Cl)cc(F)cc1Br. The first-order valence-electron chi connectivity index (χ1n) is 5.11. The summed E-state index contributed by atoms with van der Waals surface area (Å²) in [6.45, 7) is 0.894. The van der Waals surface area contributed by atoms with Crippen molar-refractivity contribution < 1.29 is 9.50 Å². The highest BCUT2D eigenvalue weighted by Crippen LogP contribution is 2.31. The van der Waals surface area contributed by atoms with E-state index in [0.717, 1.165) is 0 Å². The highest BCUT2D eigenvalue weighted by molar-refractivity contribution is 9.10. The van der Waals surface area contributed by atoms with Gasteiger partial charge >= 0.3 is 0 Å². The van der Waals surface area contributed by atoms with E-state index in [4.69, 9.17) is 11.6 Å². The maximum atomic E-state index is 13.0. The average Bonchev–Trinajstić information content (AvgIpc) is 2.14. The lowest BCUT2D eigenvalue weighted by Gasteiger charge is -2.18. The standard InChI is InChI=1S/C11H15BrClFN2O/c1-16(2)6-8(17)5-15-11-9(12)3-7(14)4-10(11)13/h3-4,8,15,17H,5-6H2,1-2H3. The minimum absolute atomic E-state index is 0.286. The third-order valence-corrected chi connectivity index (χ3v) is 3.02. The smallest absolute Gasteiger partial charge is 0.125 e. The Bertz CT molecular complexity index is 367. The topological polar surface area (TPSA) is 35.5 Å². The summed E-state index contributed by atoms with van der Waals surface area (Å²) in [6.07, 6.45) is -0.516. The zero-order valence-electron chi connectivity index (χ0n) is 9.67. The van der Waals surface area contributed by atoms with E-state index in [1.54, 1.807) is 0 Å². The van der Waals surface area contributed by atoms with Crippen molar-refractivity contribution in [1.29, 1.82) is 0 Å². The second kappa shape index (κ2) is 6.54. The summed E-state index contributed by atoms with van der Waals surface area (Å²) >= 11 is 9.12. The Morgan fingerprint density at radius 2 is 2.18 bits per heavy atom. The molecule has 1 aromatic rings. The van der Waals surface area contributed by atoms with Gasteiger partial charge in [0.2, 0.25) is 0 Å². The van der Waals surface area contributed by atoms with Crippen LogP contribution in [0, 0.1) is 5.82 Å². The van der Waals surface area contributed by atoms with E-state index in [1.165, 1.54) is 12.1 Å². The Balaban J connectivity index is 2.63. The number of aliphatic hydroxyl groups excluding tert-OH is 1. The average molecular weight is 326 g/mol. The van der Waals surface area contributed by atoms with Crippen molar-refractivity contribution in [2.45, 2.75) is 6.10 Å². The molecule has 0 fully saturated rings. The summed E-state index contributed by atoms with van der Waals surface area (Å²) in [7, 11) is 3.76. The summed E-state index contributed by atoms with van der Waals surface area (Å²) in [5.41, 5.74) is 0.589.